The van der Waals surface area contributed by atoms with Crippen LogP contribution in [0, 0.1) is 0 Å². The standard InChI is InChI=1S/C17H17ClO3/c1-13(12-20-16-10-6-5-9-15(16)18)21-17(19)11-14-7-3-2-4-8-14/h2-10,13H,11-12H2,1H3. The normalized spacial score (nSPS) is 11.7. The van der Waals surface area contributed by atoms with Crippen molar-refractivity contribution in [1.29, 1.82) is 0 Å². The fourth-order valence-corrected chi connectivity index (χ4v) is 2.02. The quantitative estimate of drug-likeness (QED) is 0.759. The predicted octanol–water partition coefficient (Wildman–Crippen LogP) is 3.89. The summed E-state index contributed by atoms with van der Waals surface area (Å²) in [6.45, 7) is 2.06. The molecule has 4 heteroatoms. The van der Waals surface area contributed by atoms with Gasteiger partial charge in [-0.25, -0.2) is 0 Å². The first-order valence-electron chi connectivity index (χ1n) is 6.76. The van der Waals surface area contributed by atoms with E-state index in [9.17, 15) is 4.79 Å². The number of halogens is 1. The van der Waals surface area contributed by atoms with Crippen molar-refractivity contribution in [3.8, 4) is 5.75 Å². The molecule has 0 fully saturated rings. The van der Waals surface area contributed by atoms with Gasteiger partial charge in [-0.2, -0.15) is 0 Å². The Morgan fingerprint density at radius 3 is 2.48 bits per heavy atom. The van der Waals surface area contributed by atoms with Crippen LogP contribution in [-0.4, -0.2) is 18.7 Å². The Hall–Kier alpha value is -2.00. The molecule has 0 amide bonds. The van der Waals surface area contributed by atoms with Crippen molar-refractivity contribution >= 4 is 17.6 Å². The zero-order valence-electron chi connectivity index (χ0n) is 11.8. The zero-order chi connectivity index (χ0) is 15.1. The van der Waals surface area contributed by atoms with Gasteiger partial charge in [0.15, 0.2) is 0 Å². The maximum absolute atomic E-state index is 11.8. The highest BCUT2D eigenvalue weighted by molar-refractivity contribution is 6.32. The lowest BCUT2D eigenvalue weighted by molar-refractivity contribution is -0.148. The van der Waals surface area contributed by atoms with Crippen LogP contribution >= 0.6 is 11.6 Å². The average Bonchev–Trinajstić information content (AvgIpc) is 2.47. The van der Waals surface area contributed by atoms with E-state index in [1.807, 2.05) is 42.5 Å². The van der Waals surface area contributed by atoms with Crippen molar-refractivity contribution in [2.75, 3.05) is 6.61 Å². The minimum absolute atomic E-state index is 0.261. The lowest BCUT2D eigenvalue weighted by Crippen LogP contribution is -2.23. The molecule has 0 heterocycles. The van der Waals surface area contributed by atoms with E-state index in [0.717, 1.165) is 5.56 Å². The van der Waals surface area contributed by atoms with Gasteiger partial charge in [0.1, 0.15) is 18.5 Å². The van der Waals surface area contributed by atoms with Crippen LogP contribution in [0.1, 0.15) is 12.5 Å². The number of rotatable bonds is 6. The summed E-state index contributed by atoms with van der Waals surface area (Å²) in [6.07, 6.45) is -0.0745. The van der Waals surface area contributed by atoms with Crippen molar-refractivity contribution in [3.63, 3.8) is 0 Å². The van der Waals surface area contributed by atoms with Gasteiger partial charge < -0.3 is 9.47 Å². The molecule has 2 aromatic rings. The molecule has 0 saturated heterocycles. The van der Waals surface area contributed by atoms with Crippen LogP contribution in [-0.2, 0) is 16.0 Å². The first-order chi connectivity index (χ1) is 10.1. The van der Waals surface area contributed by atoms with Crippen LogP contribution in [0.3, 0.4) is 0 Å². The first kappa shape index (κ1) is 15.4. The summed E-state index contributed by atoms with van der Waals surface area (Å²) in [5.74, 6) is 0.321. The van der Waals surface area contributed by atoms with Crippen LogP contribution in [0.2, 0.25) is 5.02 Å². The summed E-state index contributed by atoms with van der Waals surface area (Å²) in [5, 5.41) is 0.542. The molecule has 0 saturated carbocycles. The lowest BCUT2D eigenvalue weighted by atomic mass is 10.1. The molecule has 21 heavy (non-hydrogen) atoms. The summed E-state index contributed by atoms with van der Waals surface area (Å²) >= 11 is 5.99. The molecule has 2 rings (SSSR count). The Morgan fingerprint density at radius 2 is 1.76 bits per heavy atom. The van der Waals surface area contributed by atoms with Gasteiger partial charge in [0.25, 0.3) is 0 Å². The zero-order valence-corrected chi connectivity index (χ0v) is 12.5. The monoisotopic (exact) mass is 304 g/mol. The lowest BCUT2D eigenvalue weighted by Gasteiger charge is -2.15. The second kappa shape index (κ2) is 7.70. The molecule has 0 aliphatic heterocycles. The number of benzene rings is 2. The summed E-state index contributed by atoms with van der Waals surface area (Å²) in [4.78, 5) is 11.8. The molecule has 0 aromatic heterocycles. The van der Waals surface area contributed by atoms with Gasteiger partial charge >= 0.3 is 5.97 Å². The van der Waals surface area contributed by atoms with Crippen molar-refractivity contribution in [1.82, 2.24) is 0 Å². The third-order valence-electron chi connectivity index (χ3n) is 2.83. The molecule has 0 N–H and O–H groups in total. The predicted molar refractivity (Wildman–Crippen MR) is 82.6 cm³/mol. The largest absolute Gasteiger partial charge is 0.488 e. The van der Waals surface area contributed by atoms with E-state index in [4.69, 9.17) is 21.1 Å². The van der Waals surface area contributed by atoms with Crippen LogP contribution in [0.5, 0.6) is 5.75 Å². The van der Waals surface area contributed by atoms with Gasteiger partial charge in [0, 0.05) is 0 Å². The summed E-state index contributed by atoms with van der Waals surface area (Å²) in [7, 11) is 0. The van der Waals surface area contributed by atoms with Crippen LogP contribution in [0.4, 0.5) is 0 Å². The molecule has 0 aliphatic rings. The maximum atomic E-state index is 11.8. The van der Waals surface area contributed by atoms with Crippen LogP contribution < -0.4 is 4.74 Å². The Kier molecular flexibility index (Phi) is 5.64. The molecule has 0 spiro atoms. The molecule has 110 valence electrons. The number of ether oxygens (including phenoxy) is 2. The fraction of sp³-hybridized carbons (Fsp3) is 0.235. The number of hydrogen-bond acceptors (Lipinski definition) is 3. The molecule has 0 radical (unpaired) electrons. The number of carbonyl (C=O) groups is 1. The van der Waals surface area contributed by atoms with Crippen molar-refractivity contribution in [3.05, 3.63) is 65.2 Å². The Balaban J connectivity index is 1.78. The third-order valence-corrected chi connectivity index (χ3v) is 3.15. The van der Waals surface area contributed by atoms with Crippen molar-refractivity contribution in [2.24, 2.45) is 0 Å². The first-order valence-corrected chi connectivity index (χ1v) is 7.13. The Morgan fingerprint density at radius 1 is 1.10 bits per heavy atom. The third kappa shape index (κ3) is 5.12. The summed E-state index contributed by atoms with van der Waals surface area (Å²) in [5.41, 5.74) is 0.932. The molecular weight excluding hydrogens is 288 g/mol. The molecule has 1 unspecified atom stereocenters. The van der Waals surface area contributed by atoms with E-state index in [1.54, 1.807) is 19.1 Å². The van der Waals surface area contributed by atoms with E-state index in [2.05, 4.69) is 0 Å². The summed E-state index contributed by atoms with van der Waals surface area (Å²) in [6, 6.07) is 16.7. The highest BCUT2D eigenvalue weighted by Crippen LogP contribution is 2.23. The molecule has 1 atom stereocenters. The molecule has 3 nitrogen and oxygen atoms in total. The second-order valence-electron chi connectivity index (χ2n) is 4.70. The second-order valence-corrected chi connectivity index (χ2v) is 5.11. The van der Waals surface area contributed by atoms with Crippen molar-refractivity contribution < 1.29 is 14.3 Å². The smallest absolute Gasteiger partial charge is 0.310 e. The van der Waals surface area contributed by atoms with Gasteiger partial charge in [-0.05, 0) is 24.6 Å². The van der Waals surface area contributed by atoms with E-state index >= 15 is 0 Å². The van der Waals surface area contributed by atoms with Gasteiger partial charge in [0.05, 0.1) is 11.4 Å². The van der Waals surface area contributed by atoms with E-state index in [0.29, 0.717) is 10.8 Å². The van der Waals surface area contributed by atoms with Gasteiger partial charge in [-0.3, -0.25) is 4.79 Å². The summed E-state index contributed by atoms with van der Waals surface area (Å²) < 4.78 is 10.8. The number of hydrogen-bond donors (Lipinski definition) is 0. The Labute approximate surface area is 129 Å². The number of esters is 1. The minimum Gasteiger partial charge on any atom is -0.488 e. The molecular formula is C17H17ClO3. The van der Waals surface area contributed by atoms with E-state index in [1.165, 1.54) is 0 Å². The van der Waals surface area contributed by atoms with Crippen LogP contribution in [0.15, 0.2) is 54.6 Å². The molecule has 0 bridgehead atoms. The maximum Gasteiger partial charge on any atom is 0.310 e. The van der Waals surface area contributed by atoms with Gasteiger partial charge in [-0.15, -0.1) is 0 Å². The Bertz CT molecular complexity index is 584. The molecule has 2 aromatic carbocycles. The van der Waals surface area contributed by atoms with E-state index in [-0.39, 0.29) is 25.1 Å². The highest BCUT2D eigenvalue weighted by atomic mass is 35.5. The van der Waals surface area contributed by atoms with E-state index < -0.39 is 0 Å². The average molecular weight is 305 g/mol. The highest BCUT2D eigenvalue weighted by Gasteiger charge is 2.11. The SMILES string of the molecule is CC(COc1ccccc1Cl)OC(=O)Cc1ccccc1. The topological polar surface area (TPSA) is 35.5 Å². The van der Waals surface area contributed by atoms with Crippen molar-refractivity contribution in [2.45, 2.75) is 19.4 Å². The number of para-hydroxylation sites is 1. The minimum atomic E-state index is -0.336. The molecule has 0 aliphatic carbocycles. The van der Waals surface area contributed by atoms with Gasteiger partial charge in [0.2, 0.25) is 0 Å². The van der Waals surface area contributed by atoms with Crippen LogP contribution in [0.25, 0.3) is 0 Å². The van der Waals surface area contributed by atoms with Gasteiger partial charge in [-0.1, -0.05) is 54.1 Å². The number of carbonyl (C=O) groups excluding carboxylic acids is 1. The fourth-order valence-electron chi connectivity index (χ4n) is 1.83.